The Kier molecular flexibility index (Phi) is 5.48. The monoisotopic (exact) mass is 340 g/mol. The Morgan fingerprint density at radius 3 is 2.46 bits per heavy atom. The first kappa shape index (κ1) is 17.1. The molecule has 0 aliphatic heterocycles. The van der Waals surface area contributed by atoms with Crippen molar-refractivity contribution in [1.82, 2.24) is 15.0 Å². The lowest BCUT2D eigenvalue weighted by atomic mass is 10.0. The van der Waals surface area contributed by atoms with E-state index >= 15 is 0 Å². The van der Waals surface area contributed by atoms with Gasteiger partial charge in [0.15, 0.2) is 0 Å². The maximum absolute atomic E-state index is 12.3. The molecular formula is C21H16N4O. The summed E-state index contributed by atoms with van der Waals surface area (Å²) in [5.74, 6) is -0.300. The SMILES string of the molecule is N#C/C(=C\C=C\c1cn(Cc2ccccc2)nn1)C(=O)c1ccccc1. The van der Waals surface area contributed by atoms with E-state index in [2.05, 4.69) is 10.3 Å². The molecule has 126 valence electrons. The van der Waals surface area contributed by atoms with Crippen LogP contribution in [0.25, 0.3) is 6.08 Å². The summed E-state index contributed by atoms with van der Waals surface area (Å²) in [5, 5.41) is 17.4. The van der Waals surface area contributed by atoms with Gasteiger partial charge in [-0.15, -0.1) is 5.10 Å². The molecule has 0 aliphatic carbocycles. The highest BCUT2D eigenvalue weighted by atomic mass is 16.1. The van der Waals surface area contributed by atoms with E-state index < -0.39 is 0 Å². The molecule has 0 amide bonds. The van der Waals surface area contributed by atoms with Crippen molar-refractivity contribution in [2.45, 2.75) is 6.54 Å². The van der Waals surface area contributed by atoms with Gasteiger partial charge in [-0.3, -0.25) is 4.79 Å². The van der Waals surface area contributed by atoms with Crippen LogP contribution in [0.2, 0.25) is 0 Å². The number of nitriles is 1. The van der Waals surface area contributed by atoms with Crippen LogP contribution in [0.15, 0.2) is 84.6 Å². The van der Waals surface area contributed by atoms with Crippen molar-refractivity contribution in [3.63, 3.8) is 0 Å². The van der Waals surface area contributed by atoms with Crippen LogP contribution in [-0.4, -0.2) is 20.8 Å². The summed E-state index contributed by atoms with van der Waals surface area (Å²) in [5.41, 5.74) is 2.35. The van der Waals surface area contributed by atoms with Gasteiger partial charge >= 0.3 is 0 Å². The fourth-order valence-electron chi connectivity index (χ4n) is 2.39. The summed E-state index contributed by atoms with van der Waals surface area (Å²) in [6.45, 7) is 0.632. The van der Waals surface area contributed by atoms with Gasteiger partial charge in [-0.2, -0.15) is 5.26 Å². The van der Waals surface area contributed by atoms with Crippen molar-refractivity contribution < 1.29 is 4.79 Å². The van der Waals surface area contributed by atoms with E-state index in [0.717, 1.165) is 5.56 Å². The molecule has 0 radical (unpaired) electrons. The zero-order valence-electron chi connectivity index (χ0n) is 14.0. The second-order valence-electron chi connectivity index (χ2n) is 5.57. The molecular weight excluding hydrogens is 324 g/mol. The maximum atomic E-state index is 12.3. The number of hydrogen-bond acceptors (Lipinski definition) is 4. The second-order valence-corrected chi connectivity index (χ2v) is 5.57. The third-order valence-electron chi connectivity index (χ3n) is 3.67. The first-order valence-corrected chi connectivity index (χ1v) is 8.08. The molecule has 26 heavy (non-hydrogen) atoms. The van der Waals surface area contributed by atoms with Crippen LogP contribution in [-0.2, 0) is 6.54 Å². The molecule has 5 heteroatoms. The summed E-state index contributed by atoms with van der Waals surface area (Å²) in [4.78, 5) is 12.3. The van der Waals surface area contributed by atoms with Gasteiger partial charge in [-0.05, 0) is 17.7 Å². The van der Waals surface area contributed by atoms with Crippen LogP contribution in [0.5, 0.6) is 0 Å². The number of benzene rings is 2. The predicted octanol–water partition coefficient (Wildman–Crippen LogP) is 3.67. The fraction of sp³-hybridized carbons (Fsp3) is 0.0476. The number of ketones is 1. The molecule has 2 aromatic carbocycles. The molecule has 5 nitrogen and oxygen atoms in total. The Hall–Kier alpha value is -3.78. The Morgan fingerprint density at radius 2 is 1.77 bits per heavy atom. The van der Waals surface area contributed by atoms with Crippen molar-refractivity contribution >= 4 is 11.9 Å². The second kappa shape index (κ2) is 8.36. The molecule has 3 aromatic rings. The van der Waals surface area contributed by atoms with Crippen molar-refractivity contribution in [2.75, 3.05) is 0 Å². The molecule has 0 saturated carbocycles. The van der Waals surface area contributed by atoms with Crippen molar-refractivity contribution in [3.8, 4) is 6.07 Å². The molecule has 0 unspecified atom stereocenters. The van der Waals surface area contributed by atoms with Gasteiger partial charge in [0, 0.05) is 5.56 Å². The van der Waals surface area contributed by atoms with E-state index in [1.165, 1.54) is 6.08 Å². The van der Waals surface area contributed by atoms with Crippen molar-refractivity contribution in [1.29, 1.82) is 5.26 Å². The van der Waals surface area contributed by atoms with Crippen LogP contribution in [0, 0.1) is 11.3 Å². The molecule has 1 heterocycles. The van der Waals surface area contributed by atoms with Gasteiger partial charge in [-0.25, -0.2) is 4.68 Å². The number of Topliss-reactive ketones (excluding diaryl/α,β-unsaturated/α-hetero) is 1. The zero-order valence-corrected chi connectivity index (χ0v) is 14.0. The molecule has 0 N–H and O–H groups in total. The minimum atomic E-state index is -0.300. The normalized spacial score (nSPS) is 11.4. The molecule has 0 saturated heterocycles. The van der Waals surface area contributed by atoms with Crippen LogP contribution < -0.4 is 0 Å². The highest BCUT2D eigenvalue weighted by Gasteiger charge is 2.10. The number of hydrogen-bond donors (Lipinski definition) is 0. The molecule has 0 atom stereocenters. The zero-order chi connectivity index (χ0) is 18.2. The van der Waals surface area contributed by atoms with Gasteiger partial charge in [0.2, 0.25) is 5.78 Å². The average molecular weight is 340 g/mol. The van der Waals surface area contributed by atoms with E-state index in [1.807, 2.05) is 48.7 Å². The topological polar surface area (TPSA) is 71.6 Å². The number of carbonyl (C=O) groups excluding carboxylic acids is 1. The highest BCUT2D eigenvalue weighted by Crippen LogP contribution is 2.09. The first-order chi connectivity index (χ1) is 12.8. The van der Waals surface area contributed by atoms with E-state index in [-0.39, 0.29) is 11.4 Å². The smallest absolute Gasteiger partial charge is 0.203 e. The molecule has 0 spiro atoms. The predicted molar refractivity (Wildman–Crippen MR) is 99.1 cm³/mol. The Labute approximate surface area is 151 Å². The fourth-order valence-corrected chi connectivity index (χ4v) is 2.39. The van der Waals surface area contributed by atoms with Gasteiger partial charge in [-0.1, -0.05) is 72.0 Å². The lowest BCUT2D eigenvalue weighted by Crippen LogP contribution is -2.01. The Bertz CT molecular complexity index is 980. The van der Waals surface area contributed by atoms with E-state index in [0.29, 0.717) is 17.8 Å². The van der Waals surface area contributed by atoms with Crippen LogP contribution in [0.4, 0.5) is 0 Å². The van der Waals surface area contributed by atoms with Crippen molar-refractivity contribution in [2.24, 2.45) is 0 Å². The summed E-state index contributed by atoms with van der Waals surface area (Å²) in [6.07, 6.45) is 6.65. The molecule has 0 bridgehead atoms. The van der Waals surface area contributed by atoms with Gasteiger partial charge in [0.05, 0.1) is 18.3 Å². The number of aromatic nitrogens is 3. The van der Waals surface area contributed by atoms with E-state index in [1.54, 1.807) is 41.1 Å². The lowest BCUT2D eigenvalue weighted by molar-refractivity contribution is 0.103. The van der Waals surface area contributed by atoms with E-state index in [4.69, 9.17) is 0 Å². The quantitative estimate of drug-likeness (QED) is 0.297. The lowest BCUT2D eigenvalue weighted by Gasteiger charge is -1.98. The Balaban J connectivity index is 1.68. The summed E-state index contributed by atoms with van der Waals surface area (Å²) >= 11 is 0. The van der Waals surface area contributed by atoms with Gasteiger partial charge in [0.1, 0.15) is 11.8 Å². The summed E-state index contributed by atoms with van der Waals surface area (Å²) < 4.78 is 1.74. The Morgan fingerprint density at radius 1 is 1.08 bits per heavy atom. The number of carbonyl (C=O) groups is 1. The minimum absolute atomic E-state index is 0.0733. The standard InChI is InChI=1S/C21H16N4O/c22-14-19(21(26)18-10-5-2-6-11-18)12-7-13-20-16-25(24-23-20)15-17-8-3-1-4-9-17/h1-13,16H,15H2/b13-7+,19-12+. The first-order valence-electron chi connectivity index (χ1n) is 8.08. The largest absolute Gasteiger partial charge is 0.288 e. The highest BCUT2D eigenvalue weighted by molar-refractivity contribution is 6.11. The van der Waals surface area contributed by atoms with Crippen LogP contribution >= 0.6 is 0 Å². The molecule has 0 fully saturated rings. The van der Waals surface area contributed by atoms with Crippen LogP contribution in [0.1, 0.15) is 21.6 Å². The third-order valence-corrected chi connectivity index (χ3v) is 3.67. The summed E-state index contributed by atoms with van der Waals surface area (Å²) in [6, 6.07) is 20.6. The van der Waals surface area contributed by atoms with E-state index in [9.17, 15) is 10.1 Å². The van der Waals surface area contributed by atoms with Gasteiger partial charge < -0.3 is 0 Å². The maximum Gasteiger partial charge on any atom is 0.203 e. The number of nitrogens with zero attached hydrogens (tertiary/aromatic N) is 4. The van der Waals surface area contributed by atoms with Crippen molar-refractivity contribution in [3.05, 3.63) is 101 Å². The molecule has 1 aromatic heterocycles. The van der Waals surface area contributed by atoms with Crippen LogP contribution in [0.3, 0.4) is 0 Å². The number of rotatable bonds is 6. The average Bonchev–Trinajstić information content (AvgIpc) is 3.13. The summed E-state index contributed by atoms with van der Waals surface area (Å²) in [7, 11) is 0. The van der Waals surface area contributed by atoms with Gasteiger partial charge in [0.25, 0.3) is 0 Å². The third kappa shape index (κ3) is 4.40. The number of allylic oxidation sites excluding steroid dienone is 3. The molecule has 3 rings (SSSR count). The molecule has 0 aliphatic rings. The minimum Gasteiger partial charge on any atom is -0.288 e.